The summed E-state index contributed by atoms with van der Waals surface area (Å²) in [6.07, 6.45) is 2.01. The molecule has 1 atom stereocenters. The van der Waals surface area contributed by atoms with Gasteiger partial charge in [0.15, 0.2) is 0 Å². The van der Waals surface area contributed by atoms with Gasteiger partial charge in [0, 0.05) is 18.3 Å². The summed E-state index contributed by atoms with van der Waals surface area (Å²) in [6.45, 7) is 4.49. The Balaban J connectivity index is 4.14. The zero-order chi connectivity index (χ0) is 13.3. The molecule has 96 valence electrons. The Morgan fingerprint density at radius 1 is 1.41 bits per heavy atom. The van der Waals surface area contributed by atoms with Crippen molar-refractivity contribution in [2.75, 3.05) is 6.61 Å². The Morgan fingerprint density at radius 2 is 2.06 bits per heavy atom. The molecule has 0 bridgehead atoms. The predicted molar refractivity (Wildman–Crippen MR) is 58.5 cm³/mol. The highest BCUT2D eigenvalue weighted by atomic mass is 17.2. The summed E-state index contributed by atoms with van der Waals surface area (Å²) < 4.78 is 0. The topological polar surface area (TPSA) is 93.1 Å². The largest absolute Gasteiger partial charge is 0.396 e. The van der Waals surface area contributed by atoms with Crippen LogP contribution in [-0.2, 0) is 19.4 Å². The van der Waals surface area contributed by atoms with Crippen LogP contribution < -0.4 is 0 Å². The molecule has 0 aromatic heterocycles. The van der Waals surface area contributed by atoms with Gasteiger partial charge < -0.3 is 10.2 Å². The fraction of sp³-hybridized carbons (Fsp3) is 0.455. The molecular formula is C11H16O6. The van der Waals surface area contributed by atoms with Crippen molar-refractivity contribution in [3.05, 3.63) is 24.3 Å². The summed E-state index contributed by atoms with van der Waals surface area (Å²) in [5, 5.41) is 17.9. The molecule has 1 unspecified atom stereocenters. The smallest absolute Gasteiger partial charge is 0.381 e. The zero-order valence-corrected chi connectivity index (χ0v) is 9.59. The lowest BCUT2D eigenvalue weighted by Crippen LogP contribution is -2.12. The lowest BCUT2D eigenvalue weighted by Gasteiger charge is -2.05. The van der Waals surface area contributed by atoms with Crippen molar-refractivity contribution in [3.8, 4) is 0 Å². The number of carbonyl (C=O) groups excluding carboxylic acids is 2. The lowest BCUT2D eigenvalue weighted by atomic mass is 10.1. The molecule has 0 amide bonds. The van der Waals surface area contributed by atoms with E-state index < -0.39 is 18.0 Å². The van der Waals surface area contributed by atoms with Crippen molar-refractivity contribution in [3.63, 3.8) is 0 Å². The Bertz CT molecular complexity index is 307. The molecule has 0 aromatic carbocycles. The number of aliphatic hydroxyl groups is 2. The second kappa shape index (κ2) is 8.49. The SMILES string of the molecule is C=CC(=O)OOC(=O)/C(C)=C/C(O)CCCO. The molecule has 0 spiro atoms. The Morgan fingerprint density at radius 3 is 2.59 bits per heavy atom. The summed E-state index contributed by atoms with van der Waals surface area (Å²) in [7, 11) is 0. The van der Waals surface area contributed by atoms with E-state index in [1.54, 1.807) is 0 Å². The van der Waals surface area contributed by atoms with Gasteiger partial charge in [-0.1, -0.05) is 6.58 Å². The van der Waals surface area contributed by atoms with Crippen molar-refractivity contribution in [2.45, 2.75) is 25.9 Å². The number of hydrogen-bond donors (Lipinski definition) is 2. The first-order valence-electron chi connectivity index (χ1n) is 5.03. The van der Waals surface area contributed by atoms with Crippen LogP contribution in [0, 0.1) is 0 Å². The van der Waals surface area contributed by atoms with E-state index in [1.165, 1.54) is 13.0 Å². The summed E-state index contributed by atoms with van der Waals surface area (Å²) >= 11 is 0. The molecule has 0 aliphatic carbocycles. The standard InChI is InChI=1S/C11H16O6/c1-3-10(14)16-17-11(15)8(2)7-9(13)5-4-6-12/h3,7,9,12-13H,1,4-6H2,2H3/b8-7+. The predicted octanol–water partition coefficient (Wildman–Crippen LogP) is 0.253. The summed E-state index contributed by atoms with van der Waals surface area (Å²) in [5.41, 5.74) is 0.104. The van der Waals surface area contributed by atoms with E-state index in [0.29, 0.717) is 12.8 Å². The van der Waals surface area contributed by atoms with Crippen LogP contribution in [0.4, 0.5) is 0 Å². The van der Waals surface area contributed by atoms with E-state index in [-0.39, 0.29) is 12.2 Å². The molecule has 2 N–H and O–H groups in total. The summed E-state index contributed by atoms with van der Waals surface area (Å²) in [6, 6.07) is 0. The van der Waals surface area contributed by atoms with E-state index in [0.717, 1.165) is 6.08 Å². The van der Waals surface area contributed by atoms with Gasteiger partial charge in [-0.15, -0.1) is 0 Å². The number of hydrogen-bond acceptors (Lipinski definition) is 6. The summed E-state index contributed by atoms with van der Waals surface area (Å²) in [5.74, 6) is -1.75. The minimum Gasteiger partial charge on any atom is -0.396 e. The molecule has 0 fully saturated rings. The van der Waals surface area contributed by atoms with Gasteiger partial charge >= 0.3 is 11.9 Å². The average Bonchev–Trinajstić information content (AvgIpc) is 2.32. The molecular weight excluding hydrogens is 228 g/mol. The van der Waals surface area contributed by atoms with Gasteiger partial charge in [0.05, 0.1) is 6.10 Å². The second-order valence-corrected chi connectivity index (χ2v) is 3.26. The molecule has 0 aliphatic rings. The van der Waals surface area contributed by atoms with Crippen LogP contribution >= 0.6 is 0 Å². The van der Waals surface area contributed by atoms with E-state index >= 15 is 0 Å². The van der Waals surface area contributed by atoms with Crippen LogP contribution in [0.25, 0.3) is 0 Å². The quantitative estimate of drug-likeness (QED) is 0.395. The van der Waals surface area contributed by atoms with E-state index in [2.05, 4.69) is 16.4 Å². The number of rotatable bonds is 6. The first-order valence-corrected chi connectivity index (χ1v) is 5.03. The first-order chi connectivity index (χ1) is 8.01. The third-order valence-corrected chi connectivity index (χ3v) is 1.79. The number of carbonyl (C=O) groups is 2. The van der Waals surface area contributed by atoms with E-state index in [4.69, 9.17) is 5.11 Å². The van der Waals surface area contributed by atoms with Crippen LogP contribution in [0.1, 0.15) is 19.8 Å². The Labute approximate surface area is 99.1 Å². The monoisotopic (exact) mass is 244 g/mol. The van der Waals surface area contributed by atoms with Crippen LogP contribution in [0.5, 0.6) is 0 Å². The second-order valence-electron chi connectivity index (χ2n) is 3.26. The molecule has 0 saturated heterocycles. The van der Waals surface area contributed by atoms with Crippen molar-refractivity contribution in [1.29, 1.82) is 0 Å². The molecule has 6 nitrogen and oxygen atoms in total. The van der Waals surface area contributed by atoms with Gasteiger partial charge in [0.2, 0.25) is 0 Å². The van der Waals surface area contributed by atoms with E-state index in [9.17, 15) is 14.7 Å². The minimum atomic E-state index is -0.882. The maximum atomic E-state index is 11.2. The van der Waals surface area contributed by atoms with Gasteiger partial charge in [0.1, 0.15) is 0 Å². The van der Waals surface area contributed by atoms with E-state index in [1.807, 2.05) is 0 Å². The van der Waals surface area contributed by atoms with Gasteiger partial charge in [0.25, 0.3) is 0 Å². The van der Waals surface area contributed by atoms with Crippen molar-refractivity contribution in [1.82, 2.24) is 0 Å². The van der Waals surface area contributed by atoms with Gasteiger partial charge in [-0.25, -0.2) is 19.4 Å². The number of aliphatic hydroxyl groups excluding tert-OH is 2. The van der Waals surface area contributed by atoms with Crippen LogP contribution in [-0.4, -0.2) is 34.9 Å². The van der Waals surface area contributed by atoms with Crippen LogP contribution in [0.15, 0.2) is 24.3 Å². The average molecular weight is 244 g/mol. The zero-order valence-electron chi connectivity index (χ0n) is 9.59. The third-order valence-electron chi connectivity index (χ3n) is 1.79. The Kier molecular flexibility index (Phi) is 7.66. The molecule has 17 heavy (non-hydrogen) atoms. The molecule has 0 rings (SSSR count). The highest BCUT2D eigenvalue weighted by molar-refractivity contribution is 5.88. The normalized spacial score (nSPS) is 12.8. The van der Waals surface area contributed by atoms with Crippen LogP contribution in [0.3, 0.4) is 0 Å². The molecule has 6 heteroatoms. The molecule has 0 heterocycles. The maximum Gasteiger partial charge on any atom is 0.381 e. The highest BCUT2D eigenvalue weighted by Gasteiger charge is 2.11. The van der Waals surface area contributed by atoms with Crippen molar-refractivity contribution >= 4 is 11.9 Å². The van der Waals surface area contributed by atoms with Crippen molar-refractivity contribution in [2.24, 2.45) is 0 Å². The summed E-state index contributed by atoms with van der Waals surface area (Å²) in [4.78, 5) is 30.0. The first kappa shape index (κ1) is 15.3. The van der Waals surface area contributed by atoms with Gasteiger partial charge in [-0.05, 0) is 25.8 Å². The molecule has 0 radical (unpaired) electrons. The fourth-order valence-electron chi connectivity index (χ4n) is 0.919. The molecule has 0 aromatic rings. The maximum absolute atomic E-state index is 11.2. The van der Waals surface area contributed by atoms with Gasteiger partial charge in [-0.3, -0.25) is 0 Å². The lowest BCUT2D eigenvalue weighted by molar-refractivity contribution is -0.251. The molecule has 0 saturated carbocycles. The van der Waals surface area contributed by atoms with Crippen LogP contribution in [0.2, 0.25) is 0 Å². The highest BCUT2D eigenvalue weighted by Crippen LogP contribution is 2.04. The van der Waals surface area contributed by atoms with Gasteiger partial charge in [-0.2, -0.15) is 0 Å². The fourth-order valence-corrected chi connectivity index (χ4v) is 0.919. The molecule has 0 aliphatic heterocycles. The Hall–Kier alpha value is -1.66. The minimum absolute atomic E-state index is 0.0364. The third kappa shape index (κ3) is 7.26. The van der Waals surface area contributed by atoms with Crippen molar-refractivity contribution < 1.29 is 29.6 Å².